The van der Waals surface area contributed by atoms with Gasteiger partial charge in [-0.25, -0.2) is 9.97 Å². The van der Waals surface area contributed by atoms with Crippen molar-refractivity contribution in [2.24, 2.45) is 0 Å². The molecule has 9 heteroatoms. The molecule has 5 aromatic rings. The van der Waals surface area contributed by atoms with Crippen LogP contribution in [0.1, 0.15) is 22.8 Å². The number of amides is 1. The zero-order valence-electron chi connectivity index (χ0n) is 19.2. The zero-order chi connectivity index (χ0) is 24.2. The van der Waals surface area contributed by atoms with Crippen LogP contribution in [0.15, 0.2) is 79.3 Å². The van der Waals surface area contributed by atoms with Crippen LogP contribution in [0, 0.1) is 0 Å². The SMILES string of the molecule is CCNCc1ccc2ncc(-c3cnc(Nc4ccc(C(=O)Nc5ccccc5N)cc4)s3)n2c1. The molecule has 0 aliphatic carbocycles. The topological polar surface area (TPSA) is 109 Å². The summed E-state index contributed by atoms with van der Waals surface area (Å²) in [6.45, 7) is 3.83. The lowest BCUT2D eigenvalue weighted by molar-refractivity contribution is 0.102. The first kappa shape index (κ1) is 22.6. The second-order valence-electron chi connectivity index (χ2n) is 7.96. The molecule has 0 radical (unpaired) electrons. The van der Waals surface area contributed by atoms with Crippen molar-refractivity contribution < 1.29 is 4.79 Å². The van der Waals surface area contributed by atoms with Crippen molar-refractivity contribution in [3.8, 4) is 10.6 Å². The number of carbonyl (C=O) groups excluding carboxylic acids is 1. The van der Waals surface area contributed by atoms with Crippen LogP contribution in [0.2, 0.25) is 0 Å². The van der Waals surface area contributed by atoms with E-state index in [4.69, 9.17) is 5.73 Å². The molecule has 0 atom stereocenters. The average molecular weight is 484 g/mol. The molecule has 2 aromatic carbocycles. The highest BCUT2D eigenvalue weighted by Crippen LogP contribution is 2.31. The van der Waals surface area contributed by atoms with E-state index < -0.39 is 0 Å². The lowest BCUT2D eigenvalue weighted by atomic mass is 10.2. The van der Waals surface area contributed by atoms with Crippen LogP contribution in [-0.4, -0.2) is 26.8 Å². The van der Waals surface area contributed by atoms with E-state index in [1.54, 1.807) is 35.6 Å². The molecule has 8 nitrogen and oxygen atoms in total. The van der Waals surface area contributed by atoms with Crippen molar-refractivity contribution in [2.45, 2.75) is 13.5 Å². The standard InChI is InChI=1S/C26H25N7OS/c1-2-28-13-17-7-12-24-29-14-22(33(24)16-17)23-15-30-26(35-23)31-19-10-8-18(9-11-19)25(34)32-21-6-4-3-5-20(21)27/h3-12,14-16,28H,2,13,27H2,1H3,(H,30,31)(H,32,34). The Labute approximate surface area is 206 Å². The summed E-state index contributed by atoms with van der Waals surface area (Å²) >= 11 is 1.55. The molecule has 0 aliphatic heterocycles. The first-order chi connectivity index (χ1) is 17.1. The van der Waals surface area contributed by atoms with Gasteiger partial charge >= 0.3 is 0 Å². The number of nitrogen functional groups attached to an aromatic ring is 1. The van der Waals surface area contributed by atoms with Gasteiger partial charge in [-0.1, -0.05) is 36.5 Å². The molecule has 3 aromatic heterocycles. The average Bonchev–Trinajstić information content (AvgIpc) is 3.51. The van der Waals surface area contributed by atoms with Gasteiger partial charge in [0.25, 0.3) is 5.91 Å². The maximum Gasteiger partial charge on any atom is 0.255 e. The Kier molecular flexibility index (Phi) is 6.42. The van der Waals surface area contributed by atoms with Gasteiger partial charge in [0.05, 0.1) is 28.1 Å². The van der Waals surface area contributed by atoms with Crippen LogP contribution < -0.4 is 21.7 Å². The number of nitrogens with two attached hydrogens (primary N) is 1. The minimum absolute atomic E-state index is 0.216. The Morgan fingerprint density at radius 1 is 1.03 bits per heavy atom. The second-order valence-corrected chi connectivity index (χ2v) is 8.99. The van der Waals surface area contributed by atoms with Gasteiger partial charge in [-0.15, -0.1) is 0 Å². The number of hydrogen-bond acceptors (Lipinski definition) is 7. The number of pyridine rings is 1. The minimum Gasteiger partial charge on any atom is -0.397 e. The molecular weight excluding hydrogens is 458 g/mol. The van der Waals surface area contributed by atoms with E-state index in [0.29, 0.717) is 16.9 Å². The fourth-order valence-electron chi connectivity index (χ4n) is 3.66. The van der Waals surface area contributed by atoms with Gasteiger partial charge in [0.2, 0.25) is 0 Å². The van der Waals surface area contributed by atoms with Crippen LogP contribution in [0.3, 0.4) is 0 Å². The third kappa shape index (κ3) is 5.01. The molecule has 1 amide bonds. The third-order valence-corrected chi connectivity index (χ3v) is 6.45. The van der Waals surface area contributed by atoms with Crippen molar-refractivity contribution in [3.05, 3.63) is 90.4 Å². The van der Waals surface area contributed by atoms with Crippen LogP contribution in [0.5, 0.6) is 0 Å². The number of hydrogen-bond donors (Lipinski definition) is 4. The van der Waals surface area contributed by atoms with Gasteiger partial charge < -0.3 is 21.7 Å². The third-order valence-electron chi connectivity index (χ3n) is 5.51. The van der Waals surface area contributed by atoms with Crippen molar-refractivity contribution in [2.75, 3.05) is 22.9 Å². The number of nitrogens with one attached hydrogen (secondary N) is 3. The lowest BCUT2D eigenvalue weighted by Crippen LogP contribution is -2.13. The normalized spacial score (nSPS) is 11.0. The summed E-state index contributed by atoms with van der Waals surface area (Å²) in [5, 5.41) is 10.3. The number of rotatable bonds is 8. The number of carbonyl (C=O) groups is 1. The Hall–Kier alpha value is -4.21. The summed E-state index contributed by atoms with van der Waals surface area (Å²) in [5.41, 5.74) is 11.5. The molecule has 176 valence electrons. The molecule has 0 fully saturated rings. The number of nitrogens with zero attached hydrogens (tertiary/aromatic N) is 3. The number of aromatic nitrogens is 3. The van der Waals surface area contributed by atoms with Crippen LogP contribution >= 0.6 is 11.3 Å². The molecule has 5 N–H and O–H groups in total. The van der Waals surface area contributed by atoms with E-state index in [1.807, 2.05) is 42.7 Å². The molecule has 0 saturated heterocycles. The Bertz CT molecular complexity index is 1470. The van der Waals surface area contributed by atoms with Gasteiger partial charge in [-0.05, 0) is 54.6 Å². The Morgan fingerprint density at radius 3 is 2.66 bits per heavy atom. The van der Waals surface area contributed by atoms with Crippen molar-refractivity contribution >= 4 is 45.1 Å². The first-order valence-electron chi connectivity index (χ1n) is 11.3. The number of anilines is 4. The van der Waals surface area contributed by atoms with E-state index in [-0.39, 0.29) is 5.91 Å². The largest absolute Gasteiger partial charge is 0.397 e. The van der Waals surface area contributed by atoms with Gasteiger partial charge in [-0.3, -0.25) is 9.20 Å². The second kappa shape index (κ2) is 9.96. The van der Waals surface area contributed by atoms with Crippen LogP contribution in [0.25, 0.3) is 16.2 Å². The van der Waals surface area contributed by atoms with E-state index in [9.17, 15) is 4.79 Å². The lowest BCUT2D eigenvalue weighted by Gasteiger charge is -2.08. The monoisotopic (exact) mass is 483 g/mol. The molecule has 0 unspecified atom stereocenters. The maximum absolute atomic E-state index is 12.6. The van der Waals surface area contributed by atoms with E-state index in [1.165, 1.54) is 5.56 Å². The predicted molar refractivity (Wildman–Crippen MR) is 142 cm³/mol. The summed E-state index contributed by atoms with van der Waals surface area (Å²) in [7, 11) is 0. The van der Waals surface area contributed by atoms with Gasteiger partial charge in [0, 0.05) is 30.2 Å². The quantitative estimate of drug-likeness (QED) is 0.227. The maximum atomic E-state index is 12.6. The fraction of sp³-hybridized carbons (Fsp3) is 0.115. The van der Waals surface area contributed by atoms with Gasteiger partial charge in [0.15, 0.2) is 5.13 Å². The van der Waals surface area contributed by atoms with Gasteiger partial charge in [0.1, 0.15) is 5.65 Å². The molecule has 0 spiro atoms. The summed E-state index contributed by atoms with van der Waals surface area (Å²) in [6, 6.07) is 18.5. The van der Waals surface area contributed by atoms with E-state index in [2.05, 4.69) is 49.5 Å². The van der Waals surface area contributed by atoms with Crippen molar-refractivity contribution in [3.63, 3.8) is 0 Å². The molecular formula is C26H25N7OS. The fourth-order valence-corrected chi connectivity index (χ4v) is 4.51. The summed E-state index contributed by atoms with van der Waals surface area (Å²) in [4.78, 5) is 22.6. The summed E-state index contributed by atoms with van der Waals surface area (Å²) < 4.78 is 2.09. The molecule has 3 heterocycles. The summed E-state index contributed by atoms with van der Waals surface area (Å²) in [6.07, 6.45) is 5.83. The first-order valence-corrected chi connectivity index (χ1v) is 12.1. The molecule has 5 rings (SSSR count). The number of thiazole rings is 1. The Morgan fingerprint density at radius 2 is 1.86 bits per heavy atom. The van der Waals surface area contributed by atoms with Gasteiger partial charge in [-0.2, -0.15) is 0 Å². The highest BCUT2D eigenvalue weighted by Gasteiger charge is 2.12. The minimum atomic E-state index is -0.216. The molecule has 35 heavy (non-hydrogen) atoms. The smallest absolute Gasteiger partial charge is 0.255 e. The Balaban J connectivity index is 1.28. The van der Waals surface area contributed by atoms with Crippen LogP contribution in [-0.2, 0) is 6.54 Å². The zero-order valence-corrected chi connectivity index (χ0v) is 20.0. The highest BCUT2D eigenvalue weighted by molar-refractivity contribution is 7.18. The van der Waals surface area contributed by atoms with Crippen LogP contribution in [0.4, 0.5) is 22.2 Å². The molecule has 0 saturated carbocycles. The highest BCUT2D eigenvalue weighted by atomic mass is 32.1. The number of benzene rings is 2. The number of imidazole rings is 1. The van der Waals surface area contributed by atoms with E-state index >= 15 is 0 Å². The van der Waals surface area contributed by atoms with Crippen molar-refractivity contribution in [1.29, 1.82) is 0 Å². The molecule has 0 bridgehead atoms. The summed E-state index contributed by atoms with van der Waals surface area (Å²) in [5.74, 6) is -0.216. The number of fused-ring (bicyclic) bond motifs is 1. The molecule has 0 aliphatic rings. The van der Waals surface area contributed by atoms with E-state index in [0.717, 1.165) is 40.1 Å². The van der Waals surface area contributed by atoms with Crippen molar-refractivity contribution in [1.82, 2.24) is 19.7 Å². The number of para-hydroxylation sites is 2. The predicted octanol–water partition coefficient (Wildman–Crippen LogP) is 5.15.